The molecule has 0 amide bonds. The summed E-state index contributed by atoms with van der Waals surface area (Å²) in [5, 5.41) is 15.2. The number of aliphatic hydroxyl groups is 1. The molecule has 0 saturated heterocycles. The molecule has 116 valence electrons. The third kappa shape index (κ3) is 3.64. The maximum atomic E-state index is 11.4. The summed E-state index contributed by atoms with van der Waals surface area (Å²) in [6, 6.07) is 5.17. The molecule has 3 N–H and O–H groups in total. The van der Waals surface area contributed by atoms with E-state index in [1.54, 1.807) is 18.2 Å². The number of primary sulfonamides is 1. The number of sulfonamides is 1. The number of nitrogens with two attached hydrogens (primary N) is 1. The van der Waals surface area contributed by atoms with Gasteiger partial charge in [-0.05, 0) is 49.9 Å². The van der Waals surface area contributed by atoms with Gasteiger partial charge in [-0.15, -0.1) is 6.58 Å². The van der Waals surface area contributed by atoms with Crippen LogP contribution in [0.3, 0.4) is 0 Å². The van der Waals surface area contributed by atoms with Crippen molar-refractivity contribution >= 4 is 15.7 Å². The van der Waals surface area contributed by atoms with Gasteiger partial charge in [-0.25, -0.2) is 13.6 Å². The number of allylic oxidation sites excluding steroid dienone is 1. The standard InChI is InChI=1S/C15H22N2O3S/c1-3-4-5-13(18)10-17-11(2)8-12-9-14(21(16,19)20)6-7-15(12)17/h3,6-7,9,11,13,18H,1,4-5,8,10H2,2H3,(H2,16,19,20). The van der Waals surface area contributed by atoms with Crippen molar-refractivity contribution in [3.8, 4) is 0 Å². The molecule has 0 saturated carbocycles. The van der Waals surface area contributed by atoms with Crippen molar-refractivity contribution in [1.82, 2.24) is 0 Å². The van der Waals surface area contributed by atoms with Gasteiger partial charge in [-0.3, -0.25) is 0 Å². The van der Waals surface area contributed by atoms with Crippen LogP contribution in [0.5, 0.6) is 0 Å². The van der Waals surface area contributed by atoms with E-state index < -0.39 is 16.1 Å². The van der Waals surface area contributed by atoms with E-state index in [1.165, 1.54) is 6.07 Å². The molecule has 2 rings (SSSR count). The predicted octanol–water partition coefficient (Wildman–Crippen LogP) is 1.41. The van der Waals surface area contributed by atoms with Gasteiger partial charge in [0.05, 0.1) is 11.0 Å². The van der Waals surface area contributed by atoms with Crippen LogP contribution in [-0.4, -0.2) is 32.2 Å². The maximum Gasteiger partial charge on any atom is 0.238 e. The second-order valence-electron chi connectivity index (χ2n) is 5.56. The molecule has 2 unspecified atom stereocenters. The highest BCUT2D eigenvalue weighted by Gasteiger charge is 2.28. The number of benzene rings is 1. The molecule has 0 radical (unpaired) electrons. The first-order valence-corrected chi connectivity index (χ1v) is 8.59. The van der Waals surface area contributed by atoms with Crippen molar-refractivity contribution in [2.24, 2.45) is 5.14 Å². The second-order valence-corrected chi connectivity index (χ2v) is 7.12. The van der Waals surface area contributed by atoms with Gasteiger partial charge >= 0.3 is 0 Å². The Labute approximate surface area is 126 Å². The van der Waals surface area contributed by atoms with Crippen LogP contribution in [0.1, 0.15) is 25.3 Å². The Balaban J connectivity index is 2.20. The molecule has 0 bridgehead atoms. The predicted molar refractivity (Wildman–Crippen MR) is 83.8 cm³/mol. The molecule has 21 heavy (non-hydrogen) atoms. The Bertz CT molecular complexity index is 628. The summed E-state index contributed by atoms with van der Waals surface area (Å²) in [5.74, 6) is 0. The van der Waals surface area contributed by atoms with Crippen LogP contribution < -0.4 is 10.0 Å². The molecule has 0 fully saturated rings. The van der Waals surface area contributed by atoms with Gasteiger partial charge < -0.3 is 10.0 Å². The first-order valence-electron chi connectivity index (χ1n) is 7.04. The normalized spacial score (nSPS) is 19.4. The quantitative estimate of drug-likeness (QED) is 0.778. The molecule has 0 spiro atoms. The Morgan fingerprint density at radius 2 is 2.29 bits per heavy atom. The summed E-state index contributed by atoms with van der Waals surface area (Å²) in [6.07, 6.45) is 3.59. The summed E-state index contributed by atoms with van der Waals surface area (Å²) in [4.78, 5) is 2.26. The van der Waals surface area contributed by atoms with Crippen LogP contribution in [0.2, 0.25) is 0 Å². The van der Waals surface area contributed by atoms with Crippen molar-refractivity contribution in [2.45, 2.75) is 43.2 Å². The fraction of sp³-hybridized carbons (Fsp3) is 0.467. The monoisotopic (exact) mass is 310 g/mol. The van der Waals surface area contributed by atoms with Crippen LogP contribution >= 0.6 is 0 Å². The zero-order valence-electron chi connectivity index (χ0n) is 12.2. The summed E-state index contributed by atoms with van der Waals surface area (Å²) < 4.78 is 22.8. The van der Waals surface area contributed by atoms with Gasteiger partial charge in [-0.2, -0.15) is 0 Å². The largest absolute Gasteiger partial charge is 0.391 e. The van der Waals surface area contributed by atoms with Gasteiger partial charge in [0.1, 0.15) is 0 Å². The smallest absolute Gasteiger partial charge is 0.238 e. The lowest BCUT2D eigenvalue weighted by Gasteiger charge is -2.27. The van der Waals surface area contributed by atoms with E-state index in [4.69, 9.17) is 5.14 Å². The molecule has 0 aromatic heterocycles. The van der Waals surface area contributed by atoms with Crippen molar-refractivity contribution in [3.63, 3.8) is 0 Å². The fourth-order valence-corrected chi connectivity index (χ4v) is 3.32. The number of hydrogen-bond acceptors (Lipinski definition) is 4. The molecule has 5 nitrogen and oxygen atoms in total. The maximum absolute atomic E-state index is 11.4. The zero-order valence-corrected chi connectivity index (χ0v) is 13.0. The Hall–Kier alpha value is -1.37. The lowest BCUT2D eigenvalue weighted by atomic mass is 10.1. The van der Waals surface area contributed by atoms with E-state index in [9.17, 15) is 13.5 Å². The fourth-order valence-electron chi connectivity index (χ4n) is 2.76. The number of rotatable bonds is 6. The van der Waals surface area contributed by atoms with Crippen LogP contribution in [0, 0.1) is 0 Å². The second kappa shape index (κ2) is 6.17. The van der Waals surface area contributed by atoms with E-state index in [0.29, 0.717) is 13.0 Å². The molecular formula is C15H22N2O3S. The molecule has 1 aliphatic rings. The van der Waals surface area contributed by atoms with Crippen LogP contribution in [0.15, 0.2) is 35.7 Å². The van der Waals surface area contributed by atoms with Crippen molar-refractivity contribution in [1.29, 1.82) is 0 Å². The molecule has 1 aliphatic heterocycles. The first kappa shape index (κ1) is 16.0. The summed E-state index contributed by atoms with van der Waals surface area (Å²) in [6.45, 7) is 6.26. The van der Waals surface area contributed by atoms with Crippen LogP contribution in [0.4, 0.5) is 5.69 Å². The van der Waals surface area contributed by atoms with E-state index in [1.807, 2.05) is 0 Å². The van der Waals surface area contributed by atoms with Crippen molar-refractivity contribution in [3.05, 3.63) is 36.4 Å². The number of anilines is 1. The summed E-state index contributed by atoms with van der Waals surface area (Å²) in [5.41, 5.74) is 1.94. The zero-order chi connectivity index (χ0) is 15.6. The minimum absolute atomic E-state index is 0.141. The topological polar surface area (TPSA) is 83.6 Å². The van der Waals surface area contributed by atoms with Crippen molar-refractivity contribution in [2.75, 3.05) is 11.4 Å². The Kier molecular flexibility index (Phi) is 4.70. The molecule has 2 atom stereocenters. The number of β-amino-alcohol motifs (C(OH)–C–C–N with tert-alkyl or cyclic N) is 1. The Morgan fingerprint density at radius 1 is 1.57 bits per heavy atom. The van der Waals surface area contributed by atoms with Gasteiger partial charge in [-0.1, -0.05) is 6.08 Å². The van der Waals surface area contributed by atoms with E-state index in [2.05, 4.69) is 18.4 Å². The number of hydrogen-bond donors (Lipinski definition) is 2. The minimum Gasteiger partial charge on any atom is -0.391 e. The lowest BCUT2D eigenvalue weighted by molar-refractivity contribution is 0.169. The van der Waals surface area contributed by atoms with E-state index in [-0.39, 0.29) is 10.9 Å². The molecule has 6 heteroatoms. The first-order chi connectivity index (χ1) is 9.82. The van der Waals surface area contributed by atoms with Gasteiger partial charge in [0, 0.05) is 18.3 Å². The average molecular weight is 310 g/mol. The van der Waals surface area contributed by atoms with Crippen molar-refractivity contribution < 1.29 is 13.5 Å². The number of aliphatic hydroxyl groups excluding tert-OH is 1. The van der Waals surface area contributed by atoms with Gasteiger partial charge in [0.25, 0.3) is 0 Å². The third-order valence-corrected chi connectivity index (χ3v) is 4.76. The summed E-state index contributed by atoms with van der Waals surface area (Å²) >= 11 is 0. The molecule has 1 aromatic rings. The molecule has 0 aliphatic carbocycles. The summed E-state index contributed by atoms with van der Waals surface area (Å²) in [7, 11) is -3.67. The van der Waals surface area contributed by atoms with Gasteiger partial charge in [0.2, 0.25) is 10.0 Å². The highest BCUT2D eigenvalue weighted by molar-refractivity contribution is 7.89. The molecule has 1 heterocycles. The Morgan fingerprint density at radius 3 is 2.90 bits per heavy atom. The minimum atomic E-state index is -3.67. The highest BCUT2D eigenvalue weighted by Crippen LogP contribution is 2.33. The van der Waals surface area contributed by atoms with Crippen LogP contribution in [0.25, 0.3) is 0 Å². The average Bonchev–Trinajstić information content (AvgIpc) is 2.71. The highest BCUT2D eigenvalue weighted by atomic mass is 32.2. The van der Waals surface area contributed by atoms with E-state index in [0.717, 1.165) is 24.1 Å². The number of fused-ring (bicyclic) bond motifs is 1. The van der Waals surface area contributed by atoms with Crippen LogP contribution in [-0.2, 0) is 16.4 Å². The molecular weight excluding hydrogens is 288 g/mol. The molecule has 1 aromatic carbocycles. The third-order valence-electron chi connectivity index (χ3n) is 3.85. The number of nitrogens with zero attached hydrogens (tertiary/aromatic N) is 1. The SMILES string of the molecule is C=CCCC(O)CN1c2ccc(S(N)(=O)=O)cc2CC1C. The lowest BCUT2D eigenvalue weighted by Crippen LogP contribution is -2.36. The van der Waals surface area contributed by atoms with E-state index >= 15 is 0 Å². The van der Waals surface area contributed by atoms with Gasteiger partial charge in [0.15, 0.2) is 0 Å².